The molecule has 0 fully saturated rings. The smallest absolute Gasteiger partial charge is 0.250 e. The molecule has 0 unspecified atom stereocenters. The zero-order chi connectivity index (χ0) is 14.4. The Kier molecular flexibility index (Phi) is 4.44. The summed E-state index contributed by atoms with van der Waals surface area (Å²) in [6, 6.07) is 14.5. The predicted molar refractivity (Wildman–Crippen MR) is 79.8 cm³/mol. The molecule has 0 aliphatic carbocycles. The lowest BCUT2D eigenvalue weighted by Crippen LogP contribution is -2.18. The van der Waals surface area contributed by atoms with E-state index in [9.17, 15) is 4.79 Å². The van der Waals surface area contributed by atoms with Gasteiger partial charge in [0.15, 0.2) is 0 Å². The molecule has 0 aromatic heterocycles. The summed E-state index contributed by atoms with van der Waals surface area (Å²) in [6.07, 6.45) is 0. The second-order valence-electron chi connectivity index (χ2n) is 4.22. The van der Waals surface area contributed by atoms with Crippen LogP contribution < -0.4 is 21.5 Å². The van der Waals surface area contributed by atoms with Crippen LogP contribution in [0.1, 0.15) is 10.4 Å². The van der Waals surface area contributed by atoms with Gasteiger partial charge in [-0.15, -0.1) is 0 Å². The molecule has 5 heteroatoms. The molecule has 0 bridgehead atoms. The van der Waals surface area contributed by atoms with Crippen molar-refractivity contribution >= 4 is 17.3 Å². The van der Waals surface area contributed by atoms with Crippen molar-refractivity contribution in [3.63, 3.8) is 0 Å². The van der Waals surface area contributed by atoms with E-state index in [2.05, 4.69) is 5.32 Å². The summed E-state index contributed by atoms with van der Waals surface area (Å²) in [5.41, 5.74) is 12.6. The maximum Gasteiger partial charge on any atom is 0.250 e. The van der Waals surface area contributed by atoms with Crippen LogP contribution in [0.3, 0.4) is 0 Å². The van der Waals surface area contributed by atoms with Gasteiger partial charge in [0, 0.05) is 6.54 Å². The number of anilines is 2. The maximum atomic E-state index is 11.3. The highest BCUT2D eigenvalue weighted by molar-refractivity contribution is 6.01. The molecule has 0 aliphatic rings. The van der Waals surface area contributed by atoms with Crippen LogP contribution in [0.2, 0.25) is 0 Å². The van der Waals surface area contributed by atoms with E-state index >= 15 is 0 Å². The van der Waals surface area contributed by atoms with Crippen molar-refractivity contribution in [1.82, 2.24) is 0 Å². The van der Waals surface area contributed by atoms with E-state index in [1.165, 1.54) is 0 Å². The molecule has 20 heavy (non-hydrogen) atoms. The first kappa shape index (κ1) is 13.7. The van der Waals surface area contributed by atoms with Crippen LogP contribution in [0.5, 0.6) is 5.75 Å². The fraction of sp³-hybridized carbons (Fsp3) is 0.133. The first-order chi connectivity index (χ1) is 9.68. The number of rotatable bonds is 6. The first-order valence-electron chi connectivity index (χ1n) is 6.28. The quantitative estimate of drug-likeness (QED) is 0.552. The fourth-order valence-corrected chi connectivity index (χ4v) is 1.83. The second-order valence-corrected chi connectivity index (χ2v) is 4.22. The second kappa shape index (κ2) is 6.47. The number of carbonyl (C=O) groups excluding carboxylic acids is 1. The Morgan fingerprint density at radius 3 is 2.55 bits per heavy atom. The van der Waals surface area contributed by atoms with Gasteiger partial charge in [0.25, 0.3) is 5.91 Å². The average molecular weight is 271 g/mol. The van der Waals surface area contributed by atoms with E-state index in [0.717, 1.165) is 5.75 Å². The number of para-hydroxylation sites is 2. The molecular weight excluding hydrogens is 254 g/mol. The molecule has 2 rings (SSSR count). The lowest BCUT2D eigenvalue weighted by Gasteiger charge is -2.13. The number of carbonyl (C=O) groups is 1. The molecule has 0 radical (unpaired) electrons. The minimum atomic E-state index is -0.510. The summed E-state index contributed by atoms with van der Waals surface area (Å²) >= 11 is 0. The maximum absolute atomic E-state index is 11.3. The van der Waals surface area contributed by atoms with Crippen molar-refractivity contribution in [2.75, 3.05) is 24.2 Å². The number of nitrogen functional groups attached to an aromatic ring is 1. The van der Waals surface area contributed by atoms with E-state index in [4.69, 9.17) is 16.2 Å². The minimum absolute atomic E-state index is 0.379. The number of benzene rings is 2. The monoisotopic (exact) mass is 271 g/mol. The van der Waals surface area contributed by atoms with Crippen LogP contribution >= 0.6 is 0 Å². The molecule has 5 N–H and O–H groups in total. The number of ether oxygens (including phenoxy) is 1. The summed E-state index contributed by atoms with van der Waals surface area (Å²) in [7, 11) is 0. The van der Waals surface area contributed by atoms with Gasteiger partial charge in [0.1, 0.15) is 12.4 Å². The van der Waals surface area contributed by atoms with Crippen molar-refractivity contribution in [2.45, 2.75) is 0 Å². The fourth-order valence-electron chi connectivity index (χ4n) is 1.83. The Morgan fingerprint density at radius 1 is 1.10 bits per heavy atom. The van der Waals surface area contributed by atoms with Crippen LogP contribution in [0, 0.1) is 0 Å². The zero-order valence-corrected chi connectivity index (χ0v) is 11.0. The topological polar surface area (TPSA) is 90.4 Å². The van der Waals surface area contributed by atoms with E-state index in [1.807, 2.05) is 30.3 Å². The normalized spacial score (nSPS) is 10.0. The molecular formula is C15H17N3O2. The van der Waals surface area contributed by atoms with Gasteiger partial charge >= 0.3 is 0 Å². The van der Waals surface area contributed by atoms with Gasteiger partial charge in [-0.2, -0.15) is 0 Å². The summed E-state index contributed by atoms with van der Waals surface area (Å²) < 4.78 is 5.55. The molecule has 2 aromatic rings. The van der Waals surface area contributed by atoms with Crippen molar-refractivity contribution < 1.29 is 9.53 Å². The van der Waals surface area contributed by atoms with E-state index in [0.29, 0.717) is 30.1 Å². The molecule has 104 valence electrons. The standard InChI is InChI=1S/C15H17N3O2/c16-13-8-4-7-12(15(17)19)14(13)18-9-10-20-11-5-2-1-3-6-11/h1-8,18H,9-10,16H2,(H2,17,19). The van der Waals surface area contributed by atoms with Gasteiger partial charge in [-0.05, 0) is 24.3 Å². The lowest BCUT2D eigenvalue weighted by atomic mass is 10.1. The molecule has 2 aromatic carbocycles. The molecule has 0 aliphatic heterocycles. The van der Waals surface area contributed by atoms with Gasteiger partial charge in [-0.25, -0.2) is 0 Å². The van der Waals surface area contributed by atoms with Crippen LogP contribution in [0.25, 0.3) is 0 Å². The van der Waals surface area contributed by atoms with Crippen molar-refractivity contribution in [3.05, 3.63) is 54.1 Å². The van der Waals surface area contributed by atoms with Crippen LogP contribution in [0.15, 0.2) is 48.5 Å². The van der Waals surface area contributed by atoms with Gasteiger partial charge in [0.05, 0.1) is 16.9 Å². The highest BCUT2D eigenvalue weighted by Crippen LogP contribution is 2.22. The molecule has 0 atom stereocenters. The third kappa shape index (κ3) is 3.41. The molecule has 5 nitrogen and oxygen atoms in total. The van der Waals surface area contributed by atoms with Crippen molar-refractivity contribution in [3.8, 4) is 5.75 Å². The molecule has 1 amide bonds. The Bertz CT molecular complexity index is 585. The summed E-state index contributed by atoms with van der Waals surface area (Å²) in [6.45, 7) is 0.972. The number of amides is 1. The van der Waals surface area contributed by atoms with Gasteiger partial charge in [0.2, 0.25) is 0 Å². The Hall–Kier alpha value is -2.69. The molecule has 0 spiro atoms. The Labute approximate surface area is 117 Å². The predicted octanol–water partition coefficient (Wildman–Crippen LogP) is 1.86. The van der Waals surface area contributed by atoms with Crippen LogP contribution in [-0.2, 0) is 0 Å². The SMILES string of the molecule is NC(=O)c1cccc(N)c1NCCOc1ccccc1. The lowest BCUT2D eigenvalue weighted by molar-refractivity contribution is 0.100. The number of nitrogens with one attached hydrogen (secondary N) is 1. The van der Waals surface area contributed by atoms with Crippen molar-refractivity contribution in [1.29, 1.82) is 0 Å². The van der Waals surface area contributed by atoms with E-state index < -0.39 is 5.91 Å². The van der Waals surface area contributed by atoms with Gasteiger partial charge < -0.3 is 21.5 Å². The third-order valence-corrected chi connectivity index (χ3v) is 2.78. The zero-order valence-electron chi connectivity index (χ0n) is 11.0. The minimum Gasteiger partial charge on any atom is -0.492 e. The highest BCUT2D eigenvalue weighted by Gasteiger charge is 2.10. The van der Waals surface area contributed by atoms with E-state index in [-0.39, 0.29) is 0 Å². The largest absolute Gasteiger partial charge is 0.492 e. The van der Waals surface area contributed by atoms with Gasteiger partial charge in [-0.1, -0.05) is 24.3 Å². The molecule has 0 saturated heterocycles. The van der Waals surface area contributed by atoms with Crippen LogP contribution in [0.4, 0.5) is 11.4 Å². The summed E-state index contributed by atoms with van der Waals surface area (Å²) in [5.74, 6) is 0.286. The average Bonchev–Trinajstić information content (AvgIpc) is 2.45. The Morgan fingerprint density at radius 2 is 1.85 bits per heavy atom. The number of hydrogen-bond donors (Lipinski definition) is 3. The van der Waals surface area contributed by atoms with E-state index in [1.54, 1.807) is 18.2 Å². The van der Waals surface area contributed by atoms with Gasteiger partial charge in [-0.3, -0.25) is 4.79 Å². The number of nitrogens with two attached hydrogens (primary N) is 2. The summed E-state index contributed by atoms with van der Waals surface area (Å²) in [5, 5.41) is 3.08. The van der Waals surface area contributed by atoms with Crippen LogP contribution in [-0.4, -0.2) is 19.1 Å². The first-order valence-corrected chi connectivity index (χ1v) is 6.28. The molecule has 0 saturated carbocycles. The molecule has 0 heterocycles. The summed E-state index contributed by atoms with van der Waals surface area (Å²) in [4.78, 5) is 11.3. The number of hydrogen-bond acceptors (Lipinski definition) is 4. The third-order valence-electron chi connectivity index (χ3n) is 2.78. The Balaban J connectivity index is 1.93. The van der Waals surface area contributed by atoms with Crippen molar-refractivity contribution in [2.24, 2.45) is 5.73 Å². The number of primary amides is 1. The highest BCUT2D eigenvalue weighted by atomic mass is 16.5.